The van der Waals surface area contributed by atoms with E-state index >= 15 is 0 Å². The van der Waals surface area contributed by atoms with Crippen molar-refractivity contribution in [3.63, 3.8) is 0 Å². The van der Waals surface area contributed by atoms with Crippen LogP contribution in [0.5, 0.6) is 0 Å². The Balaban J connectivity index is 0.957. The smallest absolute Gasteiger partial charge is 0.370 e. The van der Waals surface area contributed by atoms with E-state index in [1.807, 2.05) is 9.80 Å². The first-order chi connectivity index (χ1) is 17.2. The van der Waals surface area contributed by atoms with Crippen molar-refractivity contribution >= 4 is 17.8 Å². The third-order valence-electron chi connectivity index (χ3n) is 8.82. The number of fused-ring (bicyclic) bond motifs is 2. The largest absolute Gasteiger partial charge is 0.435 e. The van der Waals surface area contributed by atoms with Crippen LogP contribution in [0.15, 0.2) is 6.07 Å². The van der Waals surface area contributed by atoms with Crippen molar-refractivity contribution in [3.8, 4) is 0 Å². The molecule has 4 aliphatic heterocycles. The number of carbonyl (C=O) groups is 2. The van der Waals surface area contributed by atoms with Gasteiger partial charge in [0.25, 0.3) is 0 Å². The molecular formula is C24H33F3N6O3. The van der Waals surface area contributed by atoms with Gasteiger partial charge in [-0.15, -0.1) is 0 Å². The van der Waals surface area contributed by atoms with Crippen LogP contribution in [0, 0.1) is 17.3 Å². The normalized spacial score (nSPS) is 30.2. The molecule has 5 aliphatic rings. The highest BCUT2D eigenvalue weighted by molar-refractivity contribution is 5.79. The lowest BCUT2D eigenvalue weighted by Gasteiger charge is -2.55. The molecule has 1 aromatic heterocycles. The summed E-state index contributed by atoms with van der Waals surface area (Å²) >= 11 is 0. The van der Waals surface area contributed by atoms with Gasteiger partial charge in [0, 0.05) is 50.7 Å². The molecule has 5 heterocycles. The van der Waals surface area contributed by atoms with E-state index in [4.69, 9.17) is 4.74 Å². The molecule has 36 heavy (non-hydrogen) atoms. The zero-order valence-electron chi connectivity index (χ0n) is 20.2. The highest BCUT2D eigenvalue weighted by Crippen LogP contribution is 2.47. The number of urea groups is 1. The van der Waals surface area contributed by atoms with Crippen molar-refractivity contribution in [2.45, 2.75) is 63.4 Å². The number of likely N-dealkylation sites (tertiary alicyclic amines) is 2. The zero-order valence-corrected chi connectivity index (χ0v) is 20.2. The number of alkyl halides is 3. The molecule has 1 aromatic rings. The molecule has 0 aromatic carbocycles. The van der Waals surface area contributed by atoms with Gasteiger partial charge in [-0.2, -0.15) is 18.3 Å². The fourth-order valence-electron chi connectivity index (χ4n) is 6.84. The molecule has 2 N–H and O–H groups in total. The SMILES string of the molecule is O=C1CO[C@H]2CCN(C(=O)N3CC4(CCC(CC5CNc6cc(C(F)(F)F)nn6C5)CC4)C3)C[C@H]2N1. The Hall–Kier alpha value is -2.50. The summed E-state index contributed by atoms with van der Waals surface area (Å²) in [7, 11) is 0. The number of nitrogens with zero attached hydrogens (tertiary/aromatic N) is 4. The molecule has 1 unspecified atom stereocenters. The van der Waals surface area contributed by atoms with E-state index in [0.29, 0.717) is 37.9 Å². The Labute approximate surface area is 207 Å². The number of amides is 3. The summed E-state index contributed by atoms with van der Waals surface area (Å²) in [4.78, 5) is 28.5. The summed E-state index contributed by atoms with van der Waals surface area (Å²) in [6, 6.07) is 1.02. The molecule has 0 bridgehead atoms. The van der Waals surface area contributed by atoms with Gasteiger partial charge in [-0.3, -0.25) is 4.79 Å². The van der Waals surface area contributed by atoms with Gasteiger partial charge in [-0.05, 0) is 50.4 Å². The van der Waals surface area contributed by atoms with E-state index in [1.54, 1.807) is 0 Å². The van der Waals surface area contributed by atoms with Crippen LogP contribution >= 0.6 is 0 Å². The maximum atomic E-state index is 13.1. The van der Waals surface area contributed by atoms with Crippen molar-refractivity contribution in [2.75, 3.05) is 44.6 Å². The van der Waals surface area contributed by atoms with E-state index in [9.17, 15) is 22.8 Å². The van der Waals surface area contributed by atoms with Gasteiger partial charge >= 0.3 is 12.2 Å². The third-order valence-corrected chi connectivity index (χ3v) is 8.82. The number of anilines is 1. The Morgan fingerprint density at radius 2 is 1.92 bits per heavy atom. The standard InChI is InChI=1S/C24H33F3N6O3/c25-24(26,27)19-8-20-28-9-16(10-33(20)30-19)7-15-1-4-23(5-2-15)13-32(14-23)22(35)31-6-3-18-17(11-31)29-21(34)12-36-18/h8,15-18,28H,1-7,9-14H2,(H,29,34)/t16?,17-,18+/m1/s1. The lowest BCUT2D eigenvalue weighted by atomic mass is 9.65. The van der Waals surface area contributed by atoms with Crippen molar-refractivity contribution in [1.82, 2.24) is 24.9 Å². The Morgan fingerprint density at radius 3 is 2.67 bits per heavy atom. The van der Waals surface area contributed by atoms with E-state index in [0.717, 1.165) is 57.7 Å². The number of piperidine rings is 1. The molecule has 1 saturated carbocycles. The number of ether oxygens (including phenoxy) is 1. The van der Waals surface area contributed by atoms with Gasteiger partial charge in [0.2, 0.25) is 5.91 Å². The zero-order chi connectivity index (χ0) is 25.1. The number of aromatic nitrogens is 2. The highest BCUT2D eigenvalue weighted by Gasteiger charge is 2.49. The summed E-state index contributed by atoms with van der Waals surface area (Å²) < 4.78 is 46.0. The number of hydrogen-bond acceptors (Lipinski definition) is 5. The Bertz CT molecular complexity index is 1010. The minimum atomic E-state index is -4.42. The van der Waals surface area contributed by atoms with E-state index in [2.05, 4.69) is 15.7 Å². The molecule has 1 spiro atoms. The number of carbonyl (C=O) groups excluding carboxylic acids is 2. The van der Waals surface area contributed by atoms with Crippen LogP contribution in [0.25, 0.3) is 0 Å². The van der Waals surface area contributed by atoms with Crippen molar-refractivity contribution in [3.05, 3.63) is 11.8 Å². The molecule has 3 amide bonds. The predicted octanol–water partition coefficient (Wildman–Crippen LogP) is 2.54. The average molecular weight is 511 g/mol. The molecule has 198 valence electrons. The summed E-state index contributed by atoms with van der Waals surface area (Å²) in [6.07, 6.45) is 1.65. The number of hydrogen-bond donors (Lipinski definition) is 2. The summed E-state index contributed by atoms with van der Waals surface area (Å²) in [5.41, 5.74) is -0.635. The number of nitrogens with one attached hydrogen (secondary N) is 2. The predicted molar refractivity (Wildman–Crippen MR) is 123 cm³/mol. The van der Waals surface area contributed by atoms with Gasteiger partial charge in [0.15, 0.2) is 5.69 Å². The van der Waals surface area contributed by atoms with E-state index < -0.39 is 11.9 Å². The van der Waals surface area contributed by atoms with Gasteiger partial charge in [0.05, 0.1) is 12.1 Å². The van der Waals surface area contributed by atoms with Crippen molar-refractivity contribution < 1.29 is 27.5 Å². The van der Waals surface area contributed by atoms with Crippen LogP contribution in [0.3, 0.4) is 0 Å². The van der Waals surface area contributed by atoms with E-state index in [-0.39, 0.29) is 42.0 Å². The van der Waals surface area contributed by atoms with Crippen molar-refractivity contribution in [1.29, 1.82) is 0 Å². The highest BCUT2D eigenvalue weighted by atomic mass is 19.4. The molecule has 3 atom stereocenters. The lowest BCUT2D eigenvalue weighted by molar-refractivity contribution is -0.141. The van der Waals surface area contributed by atoms with Gasteiger partial charge in [-0.25, -0.2) is 9.48 Å². The third kappa shape index (κ3) is 4.52. The first-order valence-corrected chi connectivity index (χ1v) is 13.0. The number of morpholine rings is 1. The summed E-state index contributed by atoms with van der Waals surface area (Å²) in [6.45, 7) is 4.02. The minimum absolute atomic E-state index is 0.00398. The minimum Gasteiger partial charge on any atom is -0.370 e. The quantitative estimate of drug-likeness (QED) is 0.638. The molecule has 9 nitrogen and oxygen atoms in total. The Morgan fingerprint density at radius 1 is 1.14 bits per heavy atom. The van der Waals surface area contributed by atoms with Crippen LogP contribution in [0.2, 0.25) is 0 Å². The second-order valence-electron chi connectivity index (χ2n) is 11.4. The van der Waals surface area contributed by atoms with Gasteiger partial charge in [-0.1, -0.05) is 0 Å². The monoisotopic (exact) mass is 510 g/mol. The van der Waals surface area contributed by atoms with E-state index in [1.165, 1.54) is 4.68 Å². The first kappa shape index (κ1) is 23.9. The second kappa shape index (κ2) is 8.81. The fourth-order valence-corrected chi connectivity index (χ4v) is 6.84. The molecule has 3 saturated heterocycles. The van der Waals surface area contributed by atoms with Crippen molar-refractivity contribution in [2.24, 2.45) is 17.3 Å². The fraction of sp³-hybridized carbons (Fsp3) is 0.792. The number of halogens is 3. The molecule has 12 heteroatoms. The maximum absolute atomic E-state index is 13.1. The molecule has 4 fully saturated rings. The Kier molecular flexibility index (Phi) is 5.84. The molecule has 1 aliphatic carbocycles. The first-order valence-electron chi connectivity index (χ1n) is 13.0. The van der Waals surface area contributed by atoms with Crippen LogP contribution in [0.1, 0.15) is 44.2 Å². The summed E-state index contributed by atoms with van der Waals surface area (Å²) in [5.74, 6) is 1.15. The van der Waals surface area contributed by atoms with Crippen LogP contribution in [-0.2, 0) is 22.3 Å². The summed E-state index contributed by atoms with van der Waals surface area (Å²) in [5, 5.41) is 9.83. The second-order valence-corrected chi connectivity index (χ2v) is 11.4. The van der Waals surface area contributed by atoms with Gasteiger partial charge in [0.1, 0.15) is 12.4 Å². The van der Waals surface area contributed by atoms with Crippen LogP contribution < -0.4 is 10.6 Å². The molecule has 6 rings (SSSR count). The lowest BCUT2D eigenvalue weighted by Crippen LogP contribution is -2.66. The van der Waals surface area contributed by atoms with Crippen LogP contribution in [0.4, 0.5) is 23.8 Å². The topological polar surface area (TPSA) is 91.7 Å². The molecule has 0 radical (unpaired) electrons. The maximum Gasteiger partial charge on any atom is 0.435 e. The number of rotatable bonds is 2. The molecular weight excluding hydrogens is 477 g/mol. The van der Waals surface area contributed by atoms with Gasteiger partial charge < -0.3 is 25.2 Å². The van der Waals surface area contributed by atoms with Crippen LogP contribution in [-0.4, -0.2) is 83.0 Å². The average Bonchev–Trinajstić information content (AvgIpc) is 3.26.